The van der Waals surface area contributed by atoms with E-state index in [1.165, 1.54) is 0 Å². The number of pyridine rings is 1. The number of carbonyl (C=O) groups excluding carboxylic acids is 3. The Bertz CT molecular complexity index is 1590. The predicted octanol–water partition coefficient (Wildman–Crippen LogP) is 5.20. The van der Waals surface area contributed by atoms with Gasteiger partial charge in [-0.1, -0.05) is 50.2 Å². The Morgan fingerprint density at radius 3 is 2.39 bits per heavy atom. The highest BCUT2D eigenvalue weighted by Crippen LogP contribution is 2.38. The first-order valence-corrected chi connectivity index (χ1v) is 14.1. The van der Waals surface area contributed by atoms with Gasteiger partial charge in [-0.2, -0.15) is 0 Å². The molecular formula is C32H35N5O4. The van der Waals surface area contributed by atoms with Gasteiger partial charge in [-0.25, -0.2) is 0 Å². The van der Waals surface area contributed by atoms with Crippen molar-refractivity contribution in [2.24, 2.45) is 11.3 Å². The molecule has 0 aliphatic carbocycles. The van der Waals surface area contributed by atoms with Crippen LogP contribution in [-0.2, 0) is 4.79 Å². The lowest BCUT2D eigenvalue weighted by Crippen LogP contribution is -2.53. The van der Waals surface area contributed by atoms with Crippen molar-refractivity contribution in [3.63, 3.8) is 0 Å². The van der Waals surface area contributed by atoms with Crippen LogP contribution in [0.4, 0.5) is 0 Å². The van der Waals surface area contributed by atoms with Crippen LogP contribution in [-0.4, -0.2) is 67.7 Å². The van der Waals surface area contributed by atoms with Crippen LogP contribution in [0.3, 0.4) is 0 Å². The van der Waals surface area contributed by atoms with E-state index in [2.05, 4.69) is 15.1 Å². The van der Waals surface area contributed by atoms with E-state index in [1.54, 1.807) is 12.3 Å². The number of hydrogen-bond donors (Lipinski definition) is 1. The summed E-state index contributed by atoms with van der Waals surface area (Å²) < 4.78 is 5.26. The fraction of sp³-hybridized carbons (Fsp3) is 0.406. The van der Waals surface area contributed by atoms with Crippen molar-refractivity contribution in [1.29, 1.82) is 0 Å². The number of aromatic amines is 1. The Kier molecular flexibility index (Phi) is 6.55. The van der Waals surface area contributed by atoms with E-state index in [1.807, 2.05) is 80.8 Å². The third kappa shape index (κ3) is 4.83. The number of piperazine rings is 1. The third-order valence-electron chi connectivity index (χ3n) is 8.65. The first-order chi connectivity index (χ1) is 19.5. The number of hydrogen-bond acceptors (Lipinski definition) is 6. The molecule has 0 radical (unpaired) electrons. The number of carbonyl (C=O) groups is 3. The van der Waals surface area contributed by atoms with Crippen molar-refractivity contribution in [3.05, 3.63) is 71.5 Å². The maximum Gasteiger partial charge on any atom is 0.272 e. The molecule has 3 aromatic heterocycles. The van der Waals surface area contributed by atoms with Crippen LogP contribution < -0.4 is 0 Å². The summed E-state index contributed by atoms with van der Waals surface area (Å²) in [7, 11) is 0. The molecule has 2 aliphatic rings. The molecule has 6 rings (SSSR count). The molecule has 1 aromatic carbocycles. The average Bonchev–Trinajstić information content (AvgIpc) is 3.73. The Labute approximate surface area is 238 Å². The molecule has 41 heavy (non-hydrogen) atoms. The number of H-pyrrole nitrogens is 1. The van der Waals surface area contributed by atoms with Crippen LogP contribution in [0, 0.1) is 25.2 Å². The fourth-order valence-corrected chi connectivity index (χ4v) is 6.38. The van der Waals surface area contributed by atoms with E-state index < -0.39 is 11.3 Å². The van der Waals surface area contributed by atoms with Gasteiger partial charge in [-0.3, -0.25) is 19.4 Å². The maximum absolute atomic E-state index is 13.9. The van der Waals surface area contributed by atoms with Crippen LogP contribution in [0.1, 0.15) is 66.0 Å². The number of ketones is 1. The van der Waals surface area contributed by atoms with Crippen LogP contribution in [0.25, 0.3) is 22.0 Å². The largest absolute Gasteiger partial charge is 0.361 e. The molecule has 2 bridgehead atoms. The zero-order chi connectivity index (χ0) is 29.1. The van der Waals surface area contributed by atoms with Gasteiger partial charge < -0.3 is 19.3 Å². The summed E-state index contributed by atoms with van der Waals surface area (Å²) >= 11 is 0. The average molecular weight is 554 g/mol. The molecule has 2 amide bonds. The van der Waals surface area contributed by atoms with Crippen molar-refractivity contribution >= 4 is 28.5 Å². The number of likely N-dealkylation sites (tertiary alicyclic amines) is 2. The second-order valence-electron chi connectivity index (χ2n) is 12.4. The van der Waals surface area contributed by atoms with Crippen molar-refractivity contribution in [1.82, 2.24) is 24.9 Å². The topological polar surface area (TPSA) is 112 Å². The molecule has 9 heteroatoms. The number of nitrogens with one attached hydrogen (secondary N) is 1. The van der Waals surface area contributed by atoms with E-state index in [9.17, 15) is 14.4 Å². The molecule has 0 unspecified atom stereocenters. The lowest BCUT2D eigenvalue weighted by Gasteiger charge is -2.39. The predicted molar refractivity (Wildman–Crippen MR) is 154 cm³/mol. The number of aryl methyl sites for hydroxylation is 2. The highest BCUT2D eigenvalue weighted by molar-refractivity contribution is 6.01. The summed E-state index contributed by atoms with van der Waals surface area (Å²) in [6, 6.07) is 13.1. The van der Waals surface area contributed by atoms with E-state index in [0.29, 0.717) is 30.2 Å². The van der Waals surface area contributed by atoms with Gasteiger partial charge in [0.05, 0.1) is 29.4 Å². The van der Waals surface area contributed by atoms with Crippen LogP contribution in [0.2, 0.25) is 0 Å². The Hall–Kier alpha value is -4.27. The Morgan fingerprint density at radius 1 is 1.05 bits per heavy atom. The summed E-state index contributed by atoms with van der Waals surface area (Å²) in [6.45, 7) is 10.7. The molecule has 4 aromatic rings. The van der Waals surface area contributed by atoms with Gasteiger partial charge in [0.15, 0.2) is 5.78 Å². The quantitative estimate of drug-likeness (QED) is 0.329. The molecule has 2 fully saturated rings. The minimum Gasteiger partial charge on any atom is -0.361 e. The fourth-order valence-electron chi connectivity index (χ4n) is 6.38. The first-order valence-electron chi connectivity index (χ1n) is 14.1. The second-order valence-corrected chi connectivity index (χ2v) is 12.4. The number of para-hydroxylation sites is 1. The van der Waals surface area contributed by atoms with Gasteiger partial charge in [0.1, 0.15) is 11.5 Å². The van der Waals surface area contributed by atoms with Gasteiger partial charge in [0.25, 0.3) is 5.91 Å². The number of amides is 2. The lowest BCUT2D eigenvalue weighted by molar-refractivity contribution is -0.141. The van der Waals surface area contributed by atoms with Crippen LogP contribution in [0.15, 0.2) is 53.2 Å². The highest BCUT2D eigenvalue weighted by Gasteiger charge is 2.50. The maximum atomic E-state index is 13.9. The number of benzene rings is 1. The third-order valence-corrected chi connectivity index (χ3v) is 8.65. The number of rotatable bonds is 6. The minimum absolute atomic E-state index is 0.0106. The number of fused-ring (bicyclic) bond motifs is 3. The molecule has 212 valence electrons. The van der Waals surface area contributed by atoms with Gasteiger partial charge in [-0.05, 0) is 43.9 Å². The van der Waals surface area contributed by atoms with Crippen molar-refractivity contribution in [2.45, 2.75) is 59.5 Å². The summed E-state index contributed by atoms with van der Waals surface area (Å²) in [5, 5.41) is 4.97. The van der Waals surface area contributed by atoms with Gasteiger partial charge >= 0.3 is 0 Å². The smallest absolute Gasteiger partial charge is 0.272 e. The van der Waals surface area contributed by atoms with Crippen LogP contribution in [0.5, 0.6) is 0 Å². The zero-order valence-electron chi connectivity index (χ0n) is 24.1. The highest BCUT2D eigenvalue weighted by atomic mass is 16.5. The van der Waals surface area contributed by atoms with E-state index in [4.69, 9.17) is 4.52 Å². The summed E-state index contributed by atoms with van der Waals surface area (Å²) in [5.41, 5.74) is 3.94. The molecule has 3 atom stereocenters. The van der Waals surface area contributed by atoms with Gasteiger partial charge in [0, 0.05) is 47.7 Å². The normalized spacial score (nSPS) is 19.2. The summed E-state index contributed by atoms with van der Waals surface area (Å²) in [4.78, 5) is 52.0. The van der Waals surface area contributed by atoms with E-state index >= 15 is 0 Å². The van der Waals surface area contributed by atoms with E-state index in [0.717, 1.165) is 34.1 Å². The van der Waals surface area contributed by atoms with Gasteiger partial charge in [0.2, 0.25) is 5.91 Å². The van der Waals surface area contributed by atoms with Crippen molar-refractivity contribution in [3.8, 4) is 11.1 Å². The number of nitrogens with zero attached hydrogens (tertiary/aromatic N) is 4. The molecule has 0 spiro atoms. The zero-order valence-corrected chi connectivity index (χ0v) is 24.1. The molecule has 0 saturated carbocycles. The molecule has 2 aliphatic heterocycles. The molecule has 2 saturated heterocycles. The number of aromatic nitrogens is 3. The molecular weight excluding hydrogens is 518 g/mol. The van der Waals surface area contributed by atoms with E-state index in [-0.39, 0.29) is 36.1 Å². The second kappa shape index (κ2) is 9.98. The van der Waals surface area contributed by atoms with Crippen LogP contribution >= 0.6 is 0 Å². The monoisotopic (exact) mass is 553 g/mol. The van der Waals surface area contributed by atoms with Crippen molar-refractivity contribution in [2.75, 3.05) is 13.1 Å². The number of Topliss-reactive ketones (excluding diaryl/α,β-unsaturated/α-hetero) is 1. The Morgan fingerprint density at radius 2 is 1.78 bits per heavy atom. The van der Waals surface area contributed by atoms with Gasteiger partial charge in [-0.15, -0.1) is 0 Å². The SMILES string of the molecule is Cc1noc(C)c1-c1ccc(C(=O)N2C[C@@H]3C[C@H]2CN3C(=O)[C@@H](CC(=O)c2cc3ccccc3[nH]2)C(C)(C)C)nc1. The molecule has 5 heterocycles. The molecule has 9 nitrogen and oxygen atoms in total. The lowest BCUT2D eigenvalue weighted by atomic mass is 9.76. The van der Waals surface area contributed by atoms with Crippen molar-refractivity contribution < 1.29 is 18.9 Å². The summed E-state index contributed by atoms with van der Waals surface area (Å²) in [6.07, 6.45) is 2.55. The minimum atomic E-state index is -0.469. The molecule has 1 N–H and O–H groups in total. The standard InChI is InChI=1S/C32H35N5O4/c1-18-29(19(2)41-35-18)21-10-11-26(33-15-21)31(40)37-17-22-13-23(37)16-36(22)30(39)24(32(3,4)5)14-28(38)27-12-20-8-6-7-9-25(20)34-27/h6-12,15,22-24,34H,13-14,16-17H2,1-5H3/t22-,23-,24+/m0/s1. The summed E-state index contributed by atoms with van der Waals surface area (Å²) in [5.74, 6) is 0.0338. The Balaban J connectivity index is 1.13. The first kappa shape index (κ1) is 26.9.